The third-order valence-corrected chi connectivity index (χ3v) is 6.88. The molecule has 0 radical (unpaired) electrons. The van der Waals surface area contributed by atoms with Crippen LogP contribution in [0.4, 0.5) is 0 Å². The molecule has 1 aromatic heterocycles. The summed E-state index contributed by atoms with van der Waals surface area (Å²) in [7, 11) is 0. The highest BCUT2D eigenvalue weighted by molar-refractivity contribution is 6.15. The number of nitrogens with zero attached hydrogens (tertiary/aromatic N) is 1. The van der Waals surface area contributed by atoms with Gasteiger partial charge in [0.1, 0.15) is 23.7 Å². The van der Waals surface area contributed by atoms with E-state index < -0.39 is 0 Å². The second-order valence-electron chi connectivity index (χ2n) is 9.24. The van der Waals surface area contributed by atoms with Gasteiger partial charge in [0.25, 0.3) is 0 Å². The van der Waals surface area contributed by atoms with E-state index in [1.165, 1.54) is 0 Å². The van der Waals surface area contributed by atoms with Crippen molar-refractivity contribution >= 4 is 16.8 Å². The van der Waals surface area contributed by atoms with Gasteiger partial charge in [0.15, 0.2) is 5.76 Å². The second-order valence-corrected chi connectivity index (χ2v) is 9.24. The SMILES string of the molecule is O=C(c1ccccc1)c1oc2cc3c(cc2c1-c1ccc(OCCN2CCOCC2)cc1)CCCO3. The van der Waals surface area contributed by atoms with Crippen molar-refractivity contribution in [3.8, 4) is 22.6 Å². The molecular formula is C30H29NO5. The van der Waals surface area contributed by atoms with Gasteiger partial charge < -0.3 is 18.6 Å². The number of carbonyl (C=O) groups is 1. The lowest BCUT2D eigenvalue weighted by molar-refractivity contribution is 0.0322. The van der Waals surface area contributed by atoms with E-state index in [4.69, 9.17) is 18.6 Å². The normalized spacial score (nSPS) is 15.9. The average Bonchev–Trinajstić information content (AvgIpc) is 3.31. The van der Waals surface area contributed by atoms with E-state index in [9.17, 15) is 4.79 Å². The van der Waals surface area contributed by atoms with Crippen LogP contribution in [0.3, 0.4) is 0 Å². The summed E-state index contributed by atoms with van der Waals surface area (Å²) in [5.74, 6) is 1.87. The van der Waals surface area contributed by atoms with Gasteiger partial charge in [0.2, 0.25) is 5.78 Å². The Hall–Kier alpha value is -3.61. The van der Waals surface area contributed by atoms with E-state index in [0.717, 1.165) is 79.3 Å². The lowest BCUT2D eigenvalue weighted by Crippen LogP contribution is -2.38. The molecule has 1 saturated heterocycles. The summed E-state index contributed by atoms with van der Waals surface area (Å²) in [6, 6.07) is 21.3. The minimum atomic E-state index is -0.133. The van der Waals surface area contributed by atoms with Crippen LogP contribution in [0.5, 0.6) is 11.5 Å². The maximum atomic E-state index is 13.5. The molecule has 6 nitrogen and oxygen atoms in total. The highest BCUT2D eigenvalue weighted by Gasteiger charge is 2.25. The highest BCUT2D eigenvalue weighted by Crippen LogP contribution is 2.40. The number of fused-ring (bicyclic) bond motifs is 2. The summed E-state index contributed by atoms with van der Waals surface area (Å²) in [5, 5.41) is 0.930. The van der Waals surface area contributed by atoms with Crippen molar-refractivity contribution in [3.63, 3.8) is 0 Å². The van der Waals surface area contributed by atoms with E-state index in [2.05, 4.69) is 11.0 Å². The first kappa shape index (κ1) is 22.8. The van der Waals surface area contributed by atoms with Gasteiger partial charge in [0.05, 0.1) is 19.8 Å². The maximum absolute atomic E-state index is 13.5. The maximum Gasteiger partial charge on any atom is 0.228 e. The predicted molar refractivity (Wildman–Crippen MR) is 138 cm³/mol. The Kier molecular flexibility index (Phi) is 6.45. The monoisotopic (exact) mass is 483 g/mol. The van der Waals surface area contributed by atoms with Gasteiger partial charge in [-0.15, -0.1) is 0 Å². The van der Waals surface area contributed by atoms with Crippen molar-refractivity contribution in [3.05, 3.63) is 83.6 Å². The van der Waals surface area contributed by atoms with Crippen molar-refractivity contribution in [2.24, 2.45) is 0 Å². The number of hydrogen-bond acceptors (Lipinski definition) is 6. The Morgan fingerprint density at radius 3 is 2.56 bits per heavy atom. The van der Waals surface area contributed by atoms with E-state index >= 15 is 0 Å². The smallest absolute Gasteiger partial charge is 0.228 e. The Balaban J connectivity index is 1.32. The van der Waals surface area contributed by atoms with Gasteiger partial charge in [0, 0.05) is 42.2 Å². The van der Waals surface area contributed by atoms with Crippen molar-refractivity contribution in [1.29, 1.82) is 0 Å². The Morgan fingerprint density at radius 1 is 0.944 bits per heavy atom. The second kappa shape index (κ2) is 10.2. The molecule has 4 aromatic rings. The van der Waals surface area contributed by atoms with Crippen molar-refractivity contribution in [2.45, 2.75) is 12.8 Å². The Morgan fingerprint density at radius 2 is 1.75 bits per heavy atom. The summed E-state index contributed by atoms with van der Waals surface area (Å²) in [6.07, 6.45) is 1.94. The number of rotatable bonds is 7. The number of hydrogen-bond donors (Lipinski definition) is 0. The third-order valence-electron chi connectivity index (χ3n) is 6.88. The zero-order valence-electron chi connectivity index (χ0n) is 20.2. The van der Waals surface area contributed by atoms with Crippen LogP contribution in [0, 0.1) is 0 Å². The molecule has 36 heavy (non-hydrogen) atoms. The van der Waals surface area contributed by atoms with Gasteiger partial charge in [-0.05, 0) is 42.2 Å². The van der Waals surface area contributed by atoms with Crippen molar-refractivity contribution < 1.29 is 23.4 Å². The first-order valence-electron chi connectivity index (χ1n) is 12.6. The van der Waals surface area contributed by atoms with Crippen LogP contribution < -0.4 is 9.47 Å². The molecule has 0 N–H and O–H groups in total. The van der Waals surface area contributed by atoms with Gasteiger partial charge in [-0.1, -0.05) is 42.5 Å². The molecular weight excluding hydrogens is 454 g/mol. The van der Waals surface area contributed by atoms with Crippen molar-refractivity contribution in [2.75, 3.05) is 46.1 Å². The summed E-state index contributed by atoms with van der Waals surface area (Å²) in [4.78, 5) is 15.9. The fourth-order valence-corrected chi connectivity index (χ4v) is 4.95. The number of ketones is 1. The fourth-order valence-electron chi connectivity index (χ4n) is 4.95. The molecule has 1 fully saturated rings. The molecule has 0 saturated carbocycles. The minimum absolute atomic E-state index is 0.133. The number of benzene rings is 3. The first-order valence-corrected chi connectivity index (χ1v) is 12.6. The summed E-state index contributed by atoms with van der Waals surface area (Å²) < 4.78 is 23.5. The molecule has 0 unspecified atom stereocenters. The van der Waals surface area contributed by atoms with E-state index in [0.29, 0.717) is 30.1 Å². The quantitative estimate of drug-likeness (QED) is 0.330. The lowest BCUT2D eigenvalue weighted by atomic mass is 9.95. The Bertz CT molecular complexity index is 1350. The summed E-state index contributed by atoms with van der Waals surface area (Å²) in [5.41, 5.74) is 4.15. The zero-order valence-corrected chi connectivity index (χ0v) is 20.2. The van der Waals surface area contributed by atoms with Gasteiger partial charge in [-0.25, -0.2) is 0 Å². The van der Waals surface area contributed by atoms with E-state index in [1.807, 2.05) is 60.7 Å². The van der Waals surface area contributed by atoms with Crippen molar-refractivity contribution in [1.82, 2.24) is 4.90 Å². The van der Waals surface area contributed by atoms with E-state index in [1.54, 1.807) is 0 Å². The van der Waals surface area contributed by atoms with E-state index in [-0.39, 0.29) is 5.78 Å². The van der Waals surface area contributed by atoms with Crippen LogP contribution in [0.1, 0.15) is 28.1 Å². The molecule has 3 aromatic carbocycles. The topological polar surface area (TPSA) is 61.1 Å². The first-order chi connectivity index (χ1) is 17.8. The highest BCUT2D eigenvalue weighted by atomic mass is 16.5. The largest absolute Gasteiger partial charge is 0.493 e. The molecule has 6 heteroatoms. The molecule has 0 amide bonds. The molecule has 0 atom stereocenters. The number of carbonyl (C=O) groups excluding carboxylic acids is 1. The molecule has 2 aliphatic heterocycles. The molecule has 0 aliphatic carbocycles. The minimum Gasteiger partial charge on any atom is -0.493 e. The molecule has 6 rings (SSSR count). The summed E-state index contributed by atoms with van der Waals surface area (Å²) in [6.45, 7) is 5.66. The predicted octanol–water partition coefficient (Wildman–Crippen LogP) is 5.37. The average molecular weight is 484 g/mol. The number of furan rings is 1. The van der Waals surface area contributed by atoms with Crippen LogP contribution in [0.2, 0.25) is 0 Å². The summed E-state index contributed by atoms with van der Waals surface area (Å²) >= 11 is 0. The standard InChI is InChI=1S/C30H29NO5/c32-29(22-5-2-1-3-6-22)30-28(25-19-23-7-4-15-35-26(23)20-27(25)36-30)21-8-10-24(11-9-21)34-18-14-31-12-16-33-17-13-31/h1-3,5-6,8-11,19-20H,4,7,12-18H2. The molecule has 3 heterocycles. The fraction of sp³-hybridized carbons (Fsp3) is 0.300. The van der Waals surface area contributed by atoms with Gasteiger partial charge >= 0.3 is 0 Å². The van der Waals surface area contributed by atoms with Crippen LogP contribution in [-0.2, 0) is 11.2 Å². The van der Waals surface area contributed by atoms with Crippen LogP contribution >= 0.6 is 0 Å². The molecule has 2 aliphatic rings. The number of ether oxygens (including phenoxy) is 3. The van der Waals surface area contributed by atoms with Crippen LogP contribution in [0.25, 0.3) is 22.1 Å². The molecule has 0 bridgehead atoms. The zero-order chi connectivity index (χ0) is 24.3. The van der Waals surface area contributed by atoms with Gasteiger partial charge in [-0.3, -0.25) is 9.69 Å². The molecule has 184 valence electrons. The van der Waals surface area contributed by atoms with Crippen LogP contribution in [-0.4, -0.2) is 56.7 Å². The number of morpholine rings is 1. The lowest BCUT2D eigenvalue weighted by Gasteiger charge is -2.26. The third kappa shape index (κ3) is 4.62. The number of aryl methyl sites for hydroxylation is 1. The van der Waals surface area contributed by atoms with Crippen LogP contribution in [0.15, 0.2) is 71.1 Å². The Labute approximate surface area is 210 Å². The molecule has 0 spiro atoms. The van der Waals surface area contributed by atoms with Gasteiger partial charge in [-0.2, -0.15) is 0 Å².